The van der Waals surface area contributed by atoms with Crippen molar-refractivity contribution in [2.75, 3.05) is 13.1 Å². The van der Waals surface area contributed by atoms with E-state index in [1.165, 1.54) is 0 Å². The fraction of sp³-hybridized carbons (Fsp3) is 0.750. The number of carbonyl (C=O) groups is 2. The summed E-state index contributed by atoms with van der Waals surface area (Å²) in [5, 5.41) is 9.35. The average Bonchev–Trinajstić information content (AvgIpc) is 2.47. The first kappa shape index (κ1) is 15.1. The van der Waals surface area contributed by atoms with E-state index in [-0.39, 0.29) is 17.7 Å². The lowest BCUT2D eigenvalue weighted by Gasteiger charge is -2.40. The summed E-state index contributed by atoms with van der Waals surface area (Å²) >= 11 is 0. The van der Waals surface area contributed by atoms with Crippen LogP contribution in [0.1, 0.15) is 46.0 Å². The molecule has 1 N–H and O–H groups in total. The predicted molar refractivity (Wildman–Crippen MR) is 77.2 cm³/mol. The highest BCUT2D eigenvalue weighted by molar-refractivity contribution is 5.79. The number of allylic oxidation sites excluding steroid dienone is 2. The van der Waals surface area contributed by atoms with Crippen LogP contribution < -0.4 is 0 Å². The molecule has 1 heterocycles. The van der Waals surface area contributed by atoms with Crippen LogP contribution in [0.3, 0.4) is 0 Å². The maximum Gasteiger partial charge on any atom is 0.309 e. The van der Waals surface area contributed by atoms with Crippen molar-refractivity contribution in [3.8, 4) is 0 Å². The number of piperidine rings is 1. The van der Waals surface area contributed by atoms with Gasteiger partial charge >= 0.3 is 5.97 Å². The molecule has 1 aliphatic carbocycles. The zero-order valence-electron chi connectivity index (χ0n) is 12.5. The second-order valence-corrected chi connectivity index (χ2v) is 6.63. The molecule has 0 saturated carbocycles. The van der Waals surface area contributed by atoms with Gasteiger partial charge < -0.3 is 10.0 Å². The molecule has 0 spiro atoms. The topological polar surface area (TPSA) is 57.6 Å². The molecule has 0 radical (unpaired) electrons. The summed E-state index contributed by atoms with van der Waals surface area (Å²) in [5.41, 5.74) is -0.759. The molecule has 2 rings (SSSR count). The first-order valence-electron chi connectivity index (χ1n) is 7.60. The van der Waals surface area contributed by atoms with E-state index in [1.54, 1.807) is 13.8 Å². The summed E-state index contributed by atoms with van der Waals surface area (Å²) in [6.45, 7) is 4.93. The van der Waals surface area contributed by atoms with Gasteiger partial charge in [0, 0.05) is 19.0 Å². The van der Waals surface area contributed by atoms with Gasteiger partial charge in [0.05, 0.1) is 5.41 Å². The van der Waals surface area contributed by atoms with Gasteiger partial charge in [-0.25, -0.2) is 0 Å². The monoisotopic (exact) mass is 279 g/mol. The van der Waals surface area contributed by atoms with Crippen molar-refractivity contribution in [3.63, 3.8) is 0 Å². The summed E-state index contributed by atoms with van der Waals surface area (Å²) < 4.78 is 0. The van der Waals surface area contributed by atoms with Crippen molar-refractivity contribution >= 4 is 11.9 Å². The van der Waals surface area contributed by atoms with Gasteiger partial charge in [-0.3, -0.25) is 9.59 Å². The lowest BCUT2D eigenvalue weighted by Crippen LogP contribution is -2.48. The van der Waals surface area contributed by atoms with E-state index in [9.17, 15) is 14.7 Å². The van der Waals surface area contributed by atoms with E-state index in [4.69, 9.17) is 0 Å². The number of hydrogen-bond acceptors (Lipinski definition) is 2. The van der Waals surface area contributed by atoms with Gasteiger partial charge in [-0.2, -0.15) is 0 Å². The zero-order valence-corrected chi connectivity index (χ0v) is 12.5. The van der Waals surface area contributed by atoms with Gasteiger partial charge in [0.25, 0.3) is 0 Å². The Bertz CT molecular complexity index is 414. The van der Waals surface area contributed by atoms with Crippen LogP contribution in [-0.2, 0) is 9.59 Å². The van der Waals surface area contributed by atoms with Crippen LogP contribution in [0.2, 0.25) is 0 Å². The van der Waals surface area contributed by atoms with Crippen molar-refractivity contribution in [3.05, 3.63) is 12.2 Å². The molecular weight excluding hydrogens is 254 g/mol. The maximum absolute atomic E-state index is 12.5. The van der Waals surface area contributed by atoms with Crippen molar-refractivity contribution < 1.29 is 14.7 Å². The molecule has 0 aromatic heterocycles. The number of carboxylic acids is 1. The molecule has 4 nitrogen and oxygen atoms in total. The minimum Gasteiger partial charge on any atom is -0.481 e. The Kier molecular flexibility index (Phi) is 4.51. The molecule has 1 saturated heterocycles. The second kappa shape index (κ2) is 5.98. The number of carboxylic acid groups (broad SMARTS) is 1. The molecule has 2 atom stereocenters. The van der Waals surface area contributed by atoms with Gasteiger partial charge in [0.2, 0.25) is 5.91 Å². The Hall–Kier alpha value is -1.32. The largest absolute Gasteiger partial charge is 0.481 e. The second-order valence-electron chi connectivity index (χ2n) is 6.63. The lowest BCUT2D eigenvalue weighted by atomic mass is 9.74. The Balaban J connectivity index is 2.01. The standard InChI is InChI=1S/C16H25NO3/c1-16(2,15(19)20)13-9-6-10-17(11-13)14(18)12-7-4-3-5-8-12/h3-4,12-13H,5-11H2,1-2H3,(H,19,20). The van der Waals surface area contributed by atoms with E-state index < -0.39 is 11.4 Å². The number of hydrogen-bond donors (Lipinski definition) is 1. The molecule has 4 heteroatoms. The number of aliphatic carboxylic acids is 1. The molecule has 2 aliphatic rings. The highest BCUT2D eigenvalue weighted by Gasteiger charge is 2.40. The van der Waals surface area contributed by atoms with Crippen LogP contribution in [0.4, 0.5) is 0 Å². The Morgan fingerprint density at radius 3 is 2.60 bits per heavy atom. The first-order valence-corrected chi connectivity index (χ1v) is 7.60. The first-order chi connectivity index (χ1) is 9.43. The molecule has 112 valence electrons. The quantitative estimate of drug-likeness (QED) is 0.808. The van der Waals surface area contributed by atoms with E-state index in [0.717, 1.165) is 38.6 Å². The van der Waals surface area contributed by atoms with E-state index in [2.05, 4.69) is 12.2 Å². The van der Waals surface area contributed by atoms with Gasteiger partial charge in [0.15, 0.2) is 0 Å². The maximum atomic E-state index is 12.5. The predicted octanol–water partition coefficient (Wildman–Crippen LogP) is 2.69. The van der Waals surface area contributed by atoms with Crippen molar-refractivity contribution in [2.45, 2.75) is 46.0 Å². The Morgan fingerprint density at radius 2 is 2.00 bits per heavy atom. The third kappa shape index (κ3) is 3.05. The SMILES string of the molecule is CC(C)(C(=O)O)C1CCCN(C(=O)C2CC=CCC2)C1. The van der Waals surface area contributed by atoms with Crippen LogP contribution >= 0.6 is 0 Å². The van der Waals surface area contributed by atoms with Crippen molar-refractivity contribution in [1.82, 2.24) is 4.90 Å². The molecule has 1 amide bonds. The highest BCUT2D eigenvalue weighted by Crippen LogP contribution is 2.35. The zero-order chi connectivity index (χ0) is 14.8. The minimum atomic E-state index is -0.766. The molecule has 0 aromatic rings. The number of carbonyl (C=O) groups excluding carboxylic acids is 1. The minimum absolute atomic E-state index is 0.0526. The fourth-order valence-corrected chi connectivity index (χ4v) is 3.22. The van der Waals surface area contributed by atoms with Crippen LogP contribution in [-0.4, -0.2) is 35.0 Å². The number of amides is 1. The van der Waals surface area contributed by atoms with E-state index in [1.807, 2.05) is 4.90 Å². The summed E-state index contributed by atoms with van der Waals surface area (Å²) in [5.74, 6) is -0.388. The van der Waals surface area contributed by atoms with Crippen molar-refractivity contribution in [1.29, 1.82) is 0 Å². The van der Waals surface area contributed by atoms with Crippen LogP contribution in [0.15, 0.2) is 12.2 Å². The average molecular weight is 279 g/mol. The number of nitrogens with zero attached hydrogens (tertiary/aromatic N) is 1. The highest BCUT2D eigenvalue weighted by atomic mass is 16.4. The van der Waals surface area contributed by atoms with E-state index in [0.29, 0.717) is 6.54 Å². The van der Waals surface area contributed by atoms with Gasteiger partial charge in [-0.1, -0.05) is 12.2 Å². The van der Waals surface area contributed by atoms with Crippen LogP contribution in [0.25, 0.3) is 0 Å². The Labute approximate surface area is 120 Å². The number of likely N-dealkylation sites (tertiary alicyclic amines) is 1. The summed E-state index contributed by atoms with van der Waals surface area (Å²) in [4.78, 5) is 25.8. The van der Waals surface area contributed by atoms with Gasteiger partial charge in [-0.05, 0) is 51.9 Å². The normalized spacial score (nSPS) is 27.4. The number of rotatable bonds is 3. The van der Waals surface area contributed by atoms with Gasteiger partial charge in [-0.15, -0.1) is 0 Å². The molecule has 1 aliphatic heterocycles. The summed E-state index contributed by atoms with van der Waals surface area (Å²) in [6.07, 6.45) is 8.78. The molecular formula is C16H25NO3. The lowest BCUT2D eigenvalue weighted by molar-refractivity contribution is -0.153. The summed E-state index contributed by atoms with van der Waals surface area (Å²) in [6, 6.07) is 0. The van der Waals surface area contributed by atoms with Gasteiger partial charge in [0.1, 0.15) is 0 Å². The molecule has 2 unspecified atom stereocenters. The molecule has 0 bridgehead atoms. The molecule has 20 heavy (non-hydrogen) atoms. The van der Waals surface area contributed by atoms with Crippen LogP contribution in [0, 0.1) is 17.3 Å². The summed E-state index contributed by atoms with van der Waals surface area (Å²) in [7, 11) is 0. The Morgan fingerprint density at radius 1 is 1.25 bits per heavy atom. The molecule has 1 fully saturated rings. The smallest absolute Gasteiger partial charge is 0.309 e. The van der Waals surface area contributed by atoms with Crippen molar-refractivity contribution in [2.24, 2.45) is 17.3 Å². The fourth-order valence-electron chi connectivity index (χ4n) is 3.22. The van der Waals surface area contributed by atoms with E-state index >= 15 is 0 Å². The third-order valence-corrected chi connectivity index (χ3v) is 4.92. The van der Waals surface area contributed by atoms with Crippen LogP contribution in [0.5, 0.6) is 0 Å². The molecule has 0 aromatic carbocycles. The third-order valence-electron chi connectivity index (χ3n) is 4.92.